The first-order valence-electron chi connectivity index (χ1n) is 6.89. The van der Waals surface area contributed by atoms with Gasteiger partial charge in [0.2, 0.25) is 0 Å². The fourth-order valence-corrected chi connectivity index (χ4v) is 1.90. The highest BCUT2D eigenvalue weighted by Crippen LogP contribution is 2.19. The van der Waals surface area contributed by atoms with Crippen molar-refractivity contribution in [2.45, 2.75) is 32.9 Å². The van der Waals surface area contributed by atoms with Gasteiger partial charge in [0.15, 0.2) is 5.84 Å². The Labute approximate surface area is 123 Å². The third-order valence-corrected chi connectivity index (χ3v) is 3.35. The number of amidine groups is 1. The quantitative estimate of drug-likeness (QED) is 0.370. The predicted octanol–water partition coefficient (Wildman–Crippen LogP) is 2.53. The Bertz CT molecular complexity index is 622. The van der Waals surface area contributed by atoms with Crippen LogP contribution in [0.5, 0.6) is 5.75 Å². The zero-order valence-corrected chi connectivity index (χ0v) is 12.2. The molecule has 21 heavy (non-hydrogen) atoms. The van der Waals surface area contributed by atoms with E-state index in [1.165, 1.54) is 0 Å². The molecule has 0 saturated carbocycles. The van der Waals surface area contributed by atoms with Gasteiger partial charge in [0.25, 0.3) is 0 Å². The van der Waals surface area contributed by atoms with Crippen LogP contribution in [0, 0.1) is 0 Å². The largest absolute Gasteiger partial charge is 0.486 e. The molecule has 0 aliphatic carbocycles. The molecule has 0 bridgehead atoms. The summed E-state index contributed by atoms with van der Waals surface area (Å²) in [7, 11) is 0. The molecule has 0 amide bonds. The summed E-state index contributed by atoms with van der Waals surface area (Å²) in [5.41, 5.74) is 7.02. The lowest BCUT2D eigenvalue weighted by Gasteiger charge is -2.10. The second-order valence-electron chi connectivity index (χ2n) is 4.81. The van der Waals surface area contributed by atoms with Crippen LogP contribution in [0.4, 0.5) is 0 Å². The van der Waals surface area contributed by atoms with Crippen LogP contribution in [0.3, 0.4) is 0 Å². The van der Waals surface area contributed by atoms with Crippen LogP contribution in [-0.4, -0.2) is 20.8 Å². The lowest BCUT2D eigenvalue weighted by Crippen LogP contribution is -2.14. The Balaban J connectivity index is 2.08. The molecule has 1 aromatic carbocycles. The van der Waals surface area contributed by atoms with E-state index >= 15 is 0 Å². The Hall–Kier alpha value is -2.50. The number of nitrogens with zero attached hydrogens (tertiary/aromatic N) is 3. The van der Waals surface area contributed by atoms with Gasteiger partial charge in [0, 0.05) is 12.2 Å². The maximum atomic E-state index is 8.78. The zero-order valence-electron chi connectivity index (χ0n) is 12.2. The van der Waals surface area contributed by atoms with Gasteiger partial charge in [-0.05, 0) is 31.5 Å². The minimum absolute atomic E-state index is 0.0238. The van der Waals surface area contributed by atoms with Crippen molar-refractivity contribution >= 4 is 5.84 Å². The van der Waals surface area contributed by atoms with Gasteiger partial charge >= 0.3 is 0 Å². The number of rotatable bonds is 6. The van der Waals surface area contributed by atoms with Crippen molar-refractivity contribution in [3.63, 3.8) is 0 Å². The molecule has 1 heterocycles. The Morgan fingerprint density at radius 1 is 1.43 bits per heavy atom. The molecule has 2 aromatic rings. The van der Waals surface area contributed by atoms with E-state index in [1.807, 2.05) is 23.0 Å². The van der Waals surface area contributed by atoms with Crippen LogP contribution in [0.15, 0.2) is 41.7 Å². The molecule has 1 aromatic heterocycles. The number of hydrogen-bond acceptors (Lipinski definition) is 4. The van der Waals surface area contributed by atoms with E-state index < -0.39 is 0 Å². The lowest BCUT2D eigenvalue weighted by molar-refractivity contribution is 0.296. The highest BCUT2D eigenvalue weighted by Gasteiger charge is 2.09. The van der Waals surface area contributed by atoms with Gasteiger partial charge in [0.1, 0.15) is 12.4 Å². The summed E-state index contributed by atoms with van der Waals surface area (Å²) in [4.78, 5) is 0. The Morgan fingerprint density at radius 3 is 2.90 bits per heavy atom. The fraction of sp³-hybridized carbons (Fsp3) is 0.333. The first-order valence-corrected chi connectivity index (χ1v) is 6.89. The number of aromatic nitrogens is 2. The van der Waals surface area contributed by atoms with Crippen molar-refractivity contribution in [1.82, 2.24) is 9.78 Å². The first-order chi connectivity index (χ1) is 10.2. The molecule has 1 unspecified atom stereocenters. The molecule has 0 radical (unpaired) electrons. The molecule has 0 fully saturated rings. The molecule has 6 heteroatoms. The highest BCUT2D eigenvalue weighted by atomic mass is 16.5. The SMILES string of the molecule is CCC(C)n1ccc(COc2ccccc2C(N)=NO)n1. The van der Waals surface area contributed by atoms with Gasteiger partial charge in [-0.25, -0.2) is 0 Å². The van der Waals surface area contributed by atoms with Gasteiger partial charge < -0.3 is 15.7 Å². The van der Waals surface area contributed by atoms with E-state index in [0.29, 0.717) is 24.0 Å². The number of para-hydroxylation sites is 1. The number of benzene rings is 1. The third-order valence-electron chi connectivity index (χ3n) is 3.35. The summed E-state index contributed by atoms with van der Waals surface area (Å²) in [6, 6.07) is 9.45. The monoisotopic (exact) mass is 288 g/mol. The molecule has 0 aliphatic heterocycles. The van der Waals surface area contributed by atoms with E-state index in [0.717, 1.165) is 12.1 Å². The first kappa shape index (κ1) is 14.9. The average molecular weight is 288 g/mol. The maximum Gasteiger partial charge on any atom is 0.173 e. The summed E-state index contributed by atoms with van der Waals surface area (Å²) in [6.07, 6.45) is 2.97. The summed E-state index contributed by atoms with van der Waals surface area (Å²) in [5.74, 6) is 0.585. The second-order valence-corrected chi connectivity index (χ2v) is 4.81. The van der Waals surface area contributed by atoms with Crippen LogP contribution in [0.1, 0.15) is 37.6 Å². The number of nitrogens with two attached hydrogens (primary N) is 1. The van der Waals surface area contributed by atoms with Gasteiger partial charge in [0.05, 0.1) is 11.3 Å². The van der Waals surface area contributed by atoms with Crippen LogP contribution in [0.25, 0.3) is 0 Å². The van der Waals surface area contributed by atoms with E-state index in [4.69, 9.17) is 15.7 Å². The molecular formula is C15H20N4O2. The number of hydrogen-bond donors (Lipinski definition) is 2. The van der Waals surface area contributed by atoms with Gasteiger partial charge in [-0.1, -0.05) is 24.2 Å². The molecular weight excluding hydrogens is 268 g/mol. The smallest absolute Gasteiger partial charge is 0.173 e. The van der Waals surface area contributed by atoms with Gasteiger partial charge in [-0.15, -0.1) is 0 Å². The predicted molar refractivity (Wildman–Crippen MR) is 80.5 cm³/mol. The third kappa shape index (κ3) is 3.53. The molecule has 0 saturated heterocycles. The van der Waals surface area contributed by atoms with Crippen molar-refractivity contribution < 1.29 is 9.94 Å². The van der Waals surface area contributed by atoms with Crippen molar-refractivity contribution in [2.24, 2.45) is 10.9 Å². The van der Waals surface area contributed by atoms with Crippen LogP contribution in [-0.2, 0) is 6.61 Å². The fourth-order valence-electron chi connectivity index (χ4n) is 1.90. The molecule has 3 N–H and O–H groups in total. The zero-order chi connectivity index (χ0) is 15.2. The van der Waals surface area contributed by atoms with Crippen LogP contribution >= 0.6 is 0 Å². The Kier molecular flexibility index (Phi) is 4.81. The highest BCUT2D eigenvalue weighted by molar-refractivity contribution is 5.99. The molecule has 1 atom stereocenters. The van der Waals surface area contributed by atoms with Crippen molar-refractivity contribution in [1.29, 1.82) is 0 Å². The van der Waals surface area contributed by atoms with Gasteiger partial charge in [-0.3, -0.25) is 4.68 Å². The van der Waals surface area contributed by atoms with Crippen LogP contribution in [0.2, 0.25) is 0 Å². The molecule has 0 aliphatic rings. The number of ether oxygens (including phenoxy) is 1. The summed E-state index contributed by atoms with van der Waals surface area (Å²) in [6.45, 7) is 4.57. The second kappa shape index (κ2) is 6.78. The standard InChI is InChI=1S/C15H20N4O2/c1-3-11(2)19-9-8-12(17-19)10-21-14-7-5-4-6-13(14)15(16)18-20/h4-9,11,20H,3,10H2,1-2H3,(H2,16,18). The van der Waals surface area contributed by atoms with Crippen molar-refractivity contribution in [3.8, 4) is 5.75 Å². The average Bonchev–Trinajstić information content (AvgIpc) is 3.00. The number of oxime groups is 1. The summed E-state index contributed by atoms with van der Waals surface area (Å²) >= 11 is 0. The van der Waals surface area contributed by atoms with E-state index in [-0.39, 0.29) is 5.84 Å². The van der Waals surface area contributed by atoms with Crippen LogP contribution < -0.4 is 10.5 Å². The van der Waals surface area contributed by atoms with Gasteiger partial charge in [-0.2, -0.15) is 5.10 Å². The van der Waals surface area contributed by atoms with E-state index in [2.05, 4.69) is 24.1 Å². The summed E-state index contributed by atoms with van der Waals surface area (Å²) < 4.78 is 7.65. The minimum atomic E-state index is 0.0238. The Morgan fingerprint density at radius 2 is 2.19 bits per heavy atom. The molecule has 6 nitrogen and oxygen atoms in total. The van der Waals surface area contributed by atoms with Crippen molar-refractivity contribution in [3.05, 3.63) is 47.8 Å². The lowest BCUT2D eigenvalue weighted by atomic mass is 10.2. The maximum absolute atomic E-state index is 8.78. The minimum Gasteiger partial charge on any atom is -0.486 e. The van der Waals surface area contributed by atoms with Crippen molar-refractivity contribution in [2.75, 3.05) is 0 Å². The normalized spacial score (nSPS) is 13.1. The van der Waals surface area contributed by atoms with E-state index in [1.54, 1.807) is 18.2 Å². The molecule has 2 rings (SSSR count). The topological polar surface area (TPSA) is 85.7 Å². The van der Waals surface area contributed by atoms with E-state index in [9.17, 15) is 0 Å². The summed E-state index contributed by atoms with van der Waals surface area (Å²) in [5, 5.41) is 16.3. The molecule has 0 spiro atoms. The molecule has 112 valence electrons.